The van der Waals surface area contributed by atoms with Crippen LogP contribution in [0.15, 0.2) is 15.6 Å². The van der Waals surface area contributed by atoms with Gasteiger partial charge in [0.05, 0.1) is 18.0 Å². The molecule has 1 heterocycles. The number of aliphatic imine (C=N–C) groups is 1. The van der Waals surface area contributed by atoms with Gasteiger partial charge in [-0.3, -0.25) is 4.99 Å². The van der Waals surface area contributed by atoms with Gasteiger partial charge in [0.15, 0.2) is 11.7 Å². The maximum atomic E-state index is 11.0. The van der Waals surface area contributed by atoms with Crippen LogP contribution in [0, 0.1) is 0 Å². The molecule has 1 aromatic rings. The first-order valence-electron chi connectivity index (χ1n) is 6.39. The van der Waals surface area contributed by atoms with E-state index >= 15 is 0 Å². The summed E-state index contributed by atoms with van der Waals surface area (Å²) in [5, 5.41) is 9.92. The van der Waals surface area contributed by atoms with Crippen molar-refractivity contribution in [3.05, 3.63) is 17.5 Å². The highest BCUT2D eigenvalue weighted by atomic mass is 32.2. The van der Waals surface area contributed by atoms with Gasteiger partial charge < -0.3 is 15.2 Å². The lowest BCUT2D eigenvalue weighted by Gasteiger charge is -2.09. The van der Waals surface area contributed by atoms with Crippen LogP contribution in [-0.2, 0) is 16.4 Å². The van der Waals surface area contributed by atoms with Crippen LogP contribution in [0.3, 0.4) is 0 Å². The molecule has 0 saturated carbocycles. The molecule has 1 aromatic heterocycles. The molecule has 0 fully saturated rings. The van der Waals surface area contributed by atoms with Crippen LogP contribution in [0.4, 0.5) is 0 Å². The summed E-state index contributed by atoms with van der Waals surface area (Å²) in [6.07, 6.45) is 1.20. The van der Waals surface area contributed by atoms with Gasteiger partial charge in [-0.2, -0.15) is 0 Å². The lowest BCUT2D eigenvalue weighted by molar-refractivity contribution is 0.372. The summed E-state index contributed by atoms with van der Waals surface area (Å²) in [5.41, 5.74) is 0.904. The fourth-order valence-corrected chi connectivity index (χ4v) is 1.90. The number of sulfone groups is 1. The molecule has 0 aliphatic heterocycles. The number of aromatic nitrogens is 1. The Morgan fingerprint density at radius 3 is 2.65 bits per heavy atom. The maximum absolute atomic E-state index is 11.0. The quantitative estimate of drug-likeness (QED) is 0.587. The average molecular weight is 302 g/mol. The molecule has 0 spiro atoms. The first-order chi connectivity index (χ1) is 9.31. The van der Waals surface area contributed by atoms with Crippen LogP contribution in [0.25, 0.3) is 0 Å². The van der Waals surface area contributed by atoms with Gasteiger partial charge in [-0.15, -0.1) is 0 Å². The van der Waals surface area contributed by atoms with Crippen molar-refractivity contribution in [2.75, 3.05) is 25.6 Å². The van der Waals surface area contributed by atoms with Gasteiger partial charge >= 0.3 is 0 Å². The van der Waals surface area contributed by atoms with Gasteiger partial charge in [-0.05, 0) is 5.92 Å². The van der Waals surface area contributed by atoms with Crippen LogP contribution in [0.2, 0.25) is 0 Å². The Morgan fingerprint density at radius 2 is 2.15 bits per heavy atom. The molecule has 2 N–H and O–H groups in total. The van der Waals surface area contributed by atoms with Gasteiger partial charge in [0.25, 0.3) is 0 Å². The maximum Gasteiger partial charge on any atom is 0.191 e. The predicted molar refractivity (Wildman–Crippen MR) is 78.5 cm³/mol. The van der Waals surface area contributed by atoms with E-state index in [0.29, 0.717) is 30.7 Å². The molecule has 8 heteroatoms. The number of rotatable bonds is 6. The number of hydrogen-bond donors (Lipinski definition) is 2. The Hall–Kier alpha value is -1.57. The molecule has 0 aromatic carbocycles. The molecule has 0 unspecified atom stereocenters. The molecule has 0 bridgehead atoms. The molecule has 0 saturated heterocycles. The van der Waals surface area contributed by atoms with Gasteiger partial charge in [-0.1, -0.05) is 19.0 Å². The second-order valence-electron chi connectivity index (χ2n) is 4.86. The van der Waals surface area contributed by atoms with E-state index in [4.69, 9.17) is 4.52 Å². The normalized spacial score (nSPS) is 12.8. The molecule has 7 nitrogen and oxygen atoms in total. The van der Waals surface area contributed by atoms with E-state index in [1.54, 1.807) is 7.05 Å². The molecule has 0 radical (unpaired) electrons. The van der Waals surface area contributed by atoms with Crippen LogP contribution < -0.4 is 10.6 Å². The second kappa shape index (κ2) is 7.28. The van der Waals surface area contributed by atoms with Crippen molar-refractivity contribution >= 4 is 15.8 Å². The van der Waals surface area contributed by atoms with Crippen molar-refractivity contribution in [2.45, 2.75) is 26.3 Å². The predicted octanol–water partition coefficient (Wildman–Crippen LogP) is 0.508. The number of guanidine groups is 1. The number of hydrogen-bond acceptors (Lipinski definition) is 5. The zero-order valence-corrected chi connectivity index (χ0v) is 13.1. The molecule has 0 amide bonds. The monoisotopic (exact) mass is 302 g/mol. The molecule has 1 rings (SSSR count). The summed E-state index contributed by atoms with van der Waals surface area (Å²) >= 11 is 0. The van der Waals surface area contributed by atoms with Crippen molar-refractivity contribution in [1.29, 1.82) is 0 Å². The minimum Gasteiger partial charge on any atom is -0.359 e. The highest BCUT2D eigenvalue weighted by Crippen LogP contribution is 2.13. The van der Waals surface area contributed by atoms with Crippen molar-refractivity contribution in [1.82, 2.24) is 15.8 Å². The third kappa shape index (κ3) is 6.05. The fraction of sp³-hybridized carbons (Fsp3) is 0.667. The Balaban J connectivity index is 2.41. The summed E-state index contributed by atoms with van der Waals surface area (Å²) in [6.45, 7) is 4.84. The summed E-state index contributed by atoms with van der Waals surface area (Å²) in [6, 6.07) is 1.89. The summed E-state index contributed by atoms with van der Waals surface area (Å²) in [7, 11) is -1.35. The SMILES string of the molecule is CN=C(NCCS(C)(=O)=O)NCc1cc(C(C)C)no1. The first-order valence-corrected chi connectivity index (χ1v) is 8.45. The molecular formula is C12H22N4O3S. The Morgan fingerprint density at radius 1 is 1.45 bits per heavy atom. The largest absolute Gasteiger partial charge is 0.359 e. The molecule has 114 valence electrons. The molecular weight excluding hydrogens is 280 g/mol. The lowest BCUT2D eigenvalue weighted by Crippen LogP contribution is -2.39. The van der Waals surface area contributed by atoms with Crippen LogP contribution in [-0.4, -0.2) is 45.1 Å². The van der Waals surface area contributed by atoms with E-state index in [1.165, 1.54) is 6.26 Å². The summed E-state index contributed by atoms with van der Waals surface area (Å²) in [4.78, 5) is 4.00. The molecule has 20 heavy (non-hydrogen) atoms. The Bertz CT molecular complexity index is 549. The van der Waals surface area contributed by atoms with Crippen LogP contribution >= 0.6 is 0 Å². The lowest BCUT2D eigenvalue weighted by atomic mass is 10.1. The summed E-state index contributed by atoms with van der Waals surface area (Å²) in [5.74, 6) is 1.61. The van der Waals surface area contributed by atoms with E-state index in [-0.39, 0.29) is 5.75 Å². The van der Waals surface area contributed by atoms with Gasteiger partial charge in [0.1, 0.15) is 9.84 Å². The van der Waals surface area contributed by atoms with E-state index < -0.39 is 9.84 Å². The topological polar surface area (TPSA) is 96.6 Å². The standard InChI is InChI=1S/C12H22N4O3S/c1-9(2)11-7-10(19-16-11)8-15-12(13-3)14-5-6-20(4,17)18/h7,9H,5-6,8H2,1-4H3,(H2,13,14,15). The third-order valence-electron chi connectivity index (χ3n) is 2.59. The van der Waals surface area contributed by atoms with Gasteiger partial charge in [-0.25, -0.2) is 8.42 Å². The zero-order chi connectivity index (χ0) is 15.2. The highest BCUT2D eigenvalue weighted by molar-refractivity contribution is 7.90. The number of nitrogens with zero attached hydrogens (tertiary/aromatic N) is 2. The van der Waals surface area contributed by atoms with Gasteiger partial charge in [0.2, 0.25) is 0 Å². The second-order valence-corrected chi connectivity index (χ2v) is 7.11. The zero-order valence-electron chi connectivity index (χ0n) is 12.3. The fourth-order valence-electron chi connectivity index (χ4n) is 1.43. The average Bonchev–Trinajstić information content (AvgIpc) is 2.81. The Labute approximate surface area is 119 Å². The van der Waals surface area contributed by atoms with Crippen LogP contribution in [0.1, 0.15) is 31.2 Å². The third-order valence-corrected chi connectivity index (χ3v) is 3.53. The van der Waals surface area contributed by atoms with E-state index in [2.05, 4.69) is 20.8 Å². The minimum absolute atomic E-state index is 0.0630. The van der Waals surface area contributed by atoms with E-state index in [0.717, 1.165) is 5.69 Å². The van der Waals surface area contributed by atoms with E-state index in [1.807, 2.05) is 19.9 Å². The number of nitrogens with one attached hydrogen (secondary N) is 2. The summed E-state index contributed by atoms with van der Waals surface area (Å²) < 4.78 is 27.2. The van der Waals surface area contributed by atoms with Crippen LogP contribution in [0.5, 0.6) is 0 Å². The highest BCUT2D eigenvalue weighted by Gasteiger charge is 2.08. The van der Waals surface area contributed by atoms with Crippen molar-refractivity contribution < 1.29 is 12.9 Å². The smallest absolute Gasteiger partial charge is 0.191 e. The Kier molecular flexibility index (Phi) is 6.00. The van der Waals surface area contributed by atoms with Gasteiger partial charge in [0, 0.05) is 25.9 Å². The molecule has 0 atom stereocenters. The van der Waals surface area contributed by atoms with Crippen molar-refractivity contribution in [2.24, 2.45) is 4.99 Å². The van der Waals surface area contributed by atoms with Crippen molar-refractivity contribution in [3.8, 4) is 0 Å². The van der Waals surface area contributed by atoms with E-state index in [9.17, 15) is 8.42 Å². The molecule has 0 aliphatic rings. The first kappa shape index (κ1) is 16.5. The molecule has 0 aliphatic carbocycles. The van der Waals surface area contributed by atoms with Crippen molar-refractivity contribution in [3.63, 3.8) is 0 Å². The minimum atomic E-state index is -2.98.